The largest absolute Gasteiger partial charge is 0.438 e. The predicted molar refractivity (Wildman–Crippen MR) is 76.9 cm³/mol. The number of pyridine rings is 1. The molecule has 0 N–H and O–H groups in total. The molecule has 0 bridgehead atoms. The number of aryl methyl sites for hydroxylation is 2. The molecular formula is C15H14N2O4. The summed E-state index contributed by atoms with van der Waals surface area (Å²) >= 11 is 0. The standard InChI is InChI=1S/C15H14N2O4/c1-9-7-10(2)14(8-13(9)17(19)20)21-15-12(11(3)18)5-4-6-16-15/h4-8H,1-3H3. The van der Waals surface area contributed by atoms with Crippen molar-refractivity contribution in [1.82, 2.24) is 4.98 Å². The average molecular weight is 286 g/mol. The lowest BCUT2D eigenvalue weighted by Gasteiger charge is -2.11. The Morgan fingerprint density at radius 1 is 1.29 bits per heavy atom. The van der Waals surface area contributed by atoms with E-state index in [-0.39, 0.29) is 17.4 Å². The third-order valence-corrected chi connectivity index (χ3v) is 3.05. The van der Waals surface area contributed by atoms with Crippen molar-refractivity contribution in [3.63, 3.8) is 0 Å². The van der Waals surface area contributed by atoms with Gasteiger partial charge < -0.3 is 4.74 Å². The molecule has 108 valence electrons. The number of nitro groups is 1. The molecule has 0 aliphatic rings. The summed E-state index contributed by atoms with van der Waals surface area (Å²) in [7, 11) is 0. The number of carbonyl (C=O) groups is 1. The van der Waals surface area contributed by atoms with Crippen LogP contribution in [0.3, 0.4) is 0 Å². The topological polar surface area (TPSA) is 82.3 Å². The molecule has 1 heterocycles. The van der Waals surface area contributed by atoms with Crippen LogP contribution in [0, 0.1) is 24.0 Å². The number of aromatic nitrogens is 1. The summed E-state index contributed by atoms with van der Waals surface area (Å²) in [5, 5.41) is 11.0. The zero-order chi connectivity index (χ0) is 15.6. The molecule has 0 spiro atoms. The first-order chi connectivity index (χ1) is 9.90. The second kappa shape index (κ2) is 5.70. The Balaban J connectivity index is 2.47. The van der Waals surface area contributed by atoms with E-state index in [0.717, 1.165) is 5.56 Å². The number of ketones is 1. The minimum Gasteiger partial charge on any atom is -0.438 e. The molecule has 0 saturated heterocycles. The van der Waals surface area contributed by atoms with Gasteiger partial charge in [-0.25, -0.2) is 4.98 Å². The number of benzene rings is 1. The van der Waals surface area contributed by atoms with Crippen molar-refractivity contribution in [3.05, 3.63) is 57.3 Å². The molecule has 0 saturated carbocycles. The van der Waals surface area contributed by atoms with Crippen molar-refractivity contribution in [2.24, 2.45) is 0 Å². The minimum atomic E-state index is -0.466. The maximum Gasteiger partial charge on any atom is 0.276 e. The highest BCUT2D eigenvalue weighted by molar-refractivity contribution is 5.96. The molecule has 21 heavy (non-hydrogen) atoms. The van der Waals surface area contributed by atoms with Crippen molar-refractivity contribution >= 4 is 11.5 Å². The first-order valence-corrected chi connectivity index (χ1v) is 6.29. The number of hydrogen-bond donors (Lipinski definition) is 0. The maximum absolute atomic E-state index is 11.5. The summed E-state index contributed by atoms with van der Waals surface area (Å²) in [4.78, 5) is 26.1. The van der Waals surface area contributed by atoms with E-state index in [1.807, 2.05) is 0 Å². The molecule has 2 rings (SSSR count). The van der Waals surface area contributed by atoms with Crippen LogP contribution in [0.2, 0.25) is 0 Å². The molecule has 6 heteroatoms. The van der Waals surface area contributed by atoms with E-state index >= 15 is 0 Å². The van der Waals surface area contributed by atoms with Gasteiger partial charge in [-0.05, 0) is 44.5 Å². The Morgan fingerprint density at radius 3 is 2.62 bits per heavy atom. The summed E-state index contributed by atoms with van der Waals surface area (Å²) in [6.45, 7) is 4.85. The Morgan fingerprint density at radius 2 is 2.00 bits per heavy atom. The number of rotatable bonds is 4. The minimum absolute atomic E-state index is 0.0316. The van der Waals surface area contributed by atoms with Crippen LogP contribution in [0.4, 0.5) is 5.69 Å². The molecule has 0 atom stereocenters. The third kappa shape index (κ3) is 3.05. The molecule has 6 nitrogen and oxygen atoms in total. The number of nitrogens with zero attached hydrogens (tertiary/aromatic N) is 2. The lowest BCUT2D eigenvalue weighted by Crippen LogP contribution is -2.01. The normalized spacial score (nSPS) is 10.2. The van der Waals surface area contributed by atoms with Crippen molar-refractivity contribution in [2.75, 3.05) is 0 Å². The Bertz CT molecular complexity index is 726. The number of carbonyl (C=O) groups excluding carboxylic acids is 1. The fourth-order valence-corrected chi connectivity index (χ4v) is 1.97. The molecule has 1 aromatic heterocycles. The SMILES string of the molecule is CC(=O)c1cccnc1Oc1cc([N+](=O)[O-])c(C)cc1C. The summed E-state index contributed by atoms with van der Waals surface area (Å²) in [6, 6.07) is 6.25. The van der Waals surface area contributed by atoms with Gasteiger partial charge in [-0.2, -0.15) is 0 Å². The molecule has 0 aliphatic carbocycles. The first-order valence-electron chi connectivity index (χ1n) is 6.29. The van der Waals surface area contributed by atoms with E-state index in [4.69, 9.17) is 4.74 Å². The fourth-order valence-electron chi connectivity index (χ4n) is 1.97. The van der Waals surface area contributed by atoms with E-state index < -0.39 is 4.92 Å². The molecule has 2 aromatic rings. The highest BCUT2D eigenvalue weighted by Gasteiger charge is 2.17. The van der Waals surface area contributed by atoms with Gasteiger partial charge in [0.05, 0.1) is 16.6 Å². The third-order valence-electron chi connectivity index (χ3n) is 3.05. The molecular weight excluding hydrogens is 272 g/mol. The van der Waals surface area contributed by atoms with E-state index in [0.29, 0.717) is 16.9 Å². The molecule has 0 amide bonds. The second-order valence-corrected chi connectivity index (χ2v) is 4.68. The molecule has 0 aliphatic heterocycles. The van der Waals surface area contributed by atoms with E-state index in [1.165, 1.54) is 19.2 Å². The lowest BCUT2D eigenvalue weighted by atomic mass is 10.1. The number of ether oxygens (including phenoxy) is 1. The molecule has 0 fully saturated rings. The van der Waals surface area contributed by atoms with Gasteiger partial charge in [0.1, 0.15) is 5.75 Å². The Kier molecular flexibility index (Phi) is 3.98. The second-order valence-electron chi connectivity index (χ2n) is 4.68. The van der Waals surface area contributed by atoms with Crippen LogP contribution in [0.15, 0.2) is 30.5 Å². The van der Waals surface area contributed by atoms with Crippen molar-refractivity contribution < 1.29 is 14.5 Å². The number of nitro benzene ring substituents is 1. The summed E-state index contributed by atoms with van der Waals surface area (Å²) in [6.07, 6.45) is 1.50. The lowest BCUT2D eigenvalue weighted by molar-refractivity contribution is -0.385. The maximum atomic E-state index is 11.5. The van der Waals surface area contributed by atoms with Crippen molar-refractivity contribution in [2.45, 2.75) is 20.8 Å². The van der Waals surface area contributed by atoms with E-state index in [1.54, 1.807) is 32.0 Å². The van der Waals surface area contributed by atoms with Gasteiger partial charge in [-0.1, -0.05) is 0 Å². The van der Waals surface area contributed by atoms with E-state index in [9.17, 15) is 14.9 Å². The molecule has 0 radical (unpaired) electrons. The average Bonchev–Trinajstić information content (AvgIpc) is 2.41. The number of hydrogen-bond acceptors (Lipinski definition) is 5. The Hall–Kier alpha value is -2.76. The van der Waals surface area contributed by atoms with Gasteiger partial charge in [-0.3, -0.25) is 14.9 Å². The van der Waals surface area contributed by atoms with Gasteiger partial charge in [0.25, 0.3) is 5.69 Å². The Labute approximate surface area is 121 Å². The van der Waals surface area contributed by atoms with Crippen LogP contribution in [0.25, 0.3) is 0 Å². The molecule has 1 aromatic carbocycles. The van der Waals surface area contributed by atoms with Gasteiger partial charge in [0.15, 0.2) is 5.78 Å². The quantitative estimate of drug-likeness (QED) is 0.487. The monoisotopic (exact) mass is 286 g/mol. The fraction of sp³-hybridized carbons (Fsp3) is 0.200. The summed E-state index contributed by atoms with van der Waals surface area (Å²) < 4.78 is 5.61. The van der Waals surface area contributed by atoms with Crippen molar-refractivity contribution in [3.8, 4) is 11.6 Å². The summed E-state index contributed by atoms with van der Waals surface area (Å²) in [5.41, 5.74) is 1.59. The van der Waals surface area contributed by atoms with Gasteiger partial charge in [-0.15, -0.1) is 0 Å². The van der Waals surface area contributed by atoms with Crippen LogP contribution in [0.5, 0.6) is 11.6 Å². The first kappa shape index (κ1) is 14.6. The highest BCUT2D eigenvalue weighted by Crippen LogP contribution is 2.32. The molecule has 0 unspecified atom stereocenters. The van der Waals surface area contributed by atoms with Crippen LogP contribution >= 0.6 is 0 Å². The van der Waals surface area contributed by atoms with Crippen LogP contribution in [0.1, 0.15) is 28.4 Å². The highest BCUT2D eigenvalue weighted by atomic mass is 16.6. The summed E-state index contributed by atoms with van der Waals surface area (Å²) in [5.74, 6) is 0.275. The number of Topliss-reactive ketones (excluding diaryl/α,β-unsaturated/α-hetero) is 1. The predicted octanol–water partition coefficient (Wildman–Crippen LogP) is 3.60. The smallest absolute Gasteiger partial charge is 0.276 e. The van der Waals surface area contributed by atoms with Gasteiger partial charge in [0.2, 0.25) is 5.88 Å². The van der Waals surface area contributed by atoms with E-state index in [2.05, 4.69) is 4.98 Å². The van der Waals surface area contributed by atoms with Gasteiger partial charge >= 0.3 is 0 Å². The van der Waals surface area contributed by atoms with Crippen LogP contribution in [-0.2, 0) is 0 Å². The van der Waals surface area contributed by atoms with Gasteiger partial charge in [0, 0.05) is 11.8 Å². The van der Waals surface area contributed by atoms with Crippen LogP contribution in [-0.4, -0.2) is 15.7 Å². The van der Waals surface area contributed by atoms with Crippen LogP contribution < -0.4 is 4.74 Å². The van der Waals surface area contributed by atoms with Crippen molar-refractivity contribution in [1.29, 1.82) is 0 Å². The zero-order valence-corrected chi connectivity index (χ0v) is 11.9. The zero-order valence-electron chi connectivity index (χ0n) is 11.9.